The summed E-state index contributed by atoms with van der Waals surface area (Å²) in [5, 5.41) is 9.61. The second kappa shape index (κ2) is 13.4. The Balaban J connectivity index is 1.89. The number of methoxy groups -OCH3 is 1. The van der Waals surface area contributed by atoms with Gasteiger partial charge in [-0.2, -0.15) is 0 Å². The quantitative estimate of drug-likeness (QED) is 0.283. The number of aryl methyl sites for hydroxylation is 1. The van der Waals surface area contributed by atoms with Gasteiger partial charge >= 0.3 is 0 Å². The van der Waals surface area contributed by atoms with Crippen LogP contribution in [0.3, 0.4) is 0 Å². The lowest BCUT2D eigenvalue weighted by Gasteiger charge is -2.16. The first-order valence-electron chi connectivity index (χ1n) is 11.0. The molecule has 7 nitrogen and oxygen atoms in total. The Labute approximate surface area is 191 Å². The van der Waals surface area contributed by atoms with Crippen LogP contribution in [0.5, 0.6) is 5.75 Å². The van der Waals surface area contributed by atoms with Crippen molar-refractivity contribution in [3.8, 4) is 5.75 Å². The first kappa shape index (κ1) is 25.2. The maximum Gasteiger partial charge on any atom is 0.251 e. The van der Waals surface area contributed by atoms with Crippen molar-refractivity contribution < 1.29 is 14.3 Å². The minimum Gasteiger partial charge on any atom is -0.491 e. The topological polar surface area (TPSA) is 84.0 Å². The highest BCUT2D eigenvalue weighted by Gasteiger charge is 2.09. The molecular formula is C25H36N4O3. The maximum absolute atomic E-state index is 12.2. The fraction of sp³-hybridized carbons (Fsp3) is 0.440. The van der Waals surface area contributed by atoms with Gasteiger partial charge in [-0.25, -0.2) is 0 Å². The molecule has 2 rings (SSSR count). The van der Waals surface area contributed by atoms with Crippen molar-refractivity contribution in [1.82, 2.24) is 16.0 Å². The number of nitrogens with zero attached hydrogens (tertiary/aromatic N) is 1. The van der Waals surface area contributed by atoms with Crippen molar-refractivity contribution >= 4 is 11.9 Å². The van der Waals surface area contributed by atoms with E-state index in [2.05, 4.69) is 40.0 Å². The highest BCUT2D eigenvalue weighted by Crippen LogP contribution is 2.20. The molecule has 0 fully saturated rings. The van der Waals surface area contributed by atoms with Crippen LogP contribution in [0.2, 0.25) is 0 Å². The van der Waals surface area contributed by atoms with Crippen molar-refractivity contribution in [2.45, 2.75) is 46.3 Å². The monoisotopic (exact) mass is 440 g/mol. The number of nitrogens with one attached hydrogen (secondary N) is 3. The second-order valence-electron chi connectivity index (χ2n) is 7.71. The normalized spacial score (nSPS) is 12.2. The van der Waals surface area contributed by atoms with Gasteiger partial charge in [-0.3, -0.25) is 9.79 Å². The van der Waals surface area contributed by atoms with Gasteiger partial charge in [0, 0.05) is 44.4 Å². The third-order valence-corrected chi connectivity index (χ3v) is 5.10. The van der Waals surface area contributed by atoms with Crippen molar-refractivity contribution in [2.75, 3.05) is 27.4 Å². The summed E-state index contributed by atoms with van der Waals surface area (Å²) in [4.78, 5) is 16.5. The number of guanidine groups is 1. The molecule has 0 radical (unpaired) electrons. The third kappa shape index (κ3) is 8.23. The second-order valence-corrected chi connectivity index (χ2v) is 7.71. The number of carbonyl (C=O) groups is 1. The molecule has 0 aromatic heterocycles. The van der Waals surface area contributed by atoms with E-state index in [0.29, 0.717) is 37.8 Å². The first-order valence-corrected chi connectivity index (χ1v) is 11.0. The molecule has 1 atom stereocenters. The Morgan fingerprint density at radius 1 is 1.06 bits per heavy atom. The predicted octanol–water partition coefficient (Wildman–Crippen LogP) is 3.41. The van der Waals surface area contributed by atoms with E-state index in [-0.39, 0.29) is 11.9 Å². The fourth-order valence-electron chi connectivity index (χ4n) is 2.95. The average molecular weight is 441 g/mol. The summed E-state index contributed by atoms with van der Waals surface area (Å²) in [5.41, 5.74) is 3.92. The molecule has 2 aromatic rings. The number of aliphatic imine (C=N–C) groups is 1. The summed E-state index contributed by atoms with van der Waals surface area (Å²) >= 11 is 0. The van der Waals surface area contributed by atoms with Crippen molar-refractivity contribution in [1.29, 1.82) is 0 Å². The summed E-state index contributed by atoms with van der Waals surface area (Å²) in [5.74, 6) is 1.49. The van der Waals surface area contributed by atoms with Crippen molar-refractivity contribution in [3.05, 3.63) is 64.7 Å². The Morgan fingerprint density at radius 2 is 1.78 bits per heavy atom. The van der Waals surface area contributed by atoms with Crippen LogP contribution >= 0.6 is 0 Å². The number of rotatable bonds is 11. The Morgan fingerprint density at radius 3 is 2.44 bits per heavy atom. The Hall–Kier alpha value is -3.06. The van der Waals surface area contributed by atoms with E-state index in [1.165, 1.54) is 0 Å². The van der Waals surface area contributed by atoms with Gasteiger partial charge in [0.05, 0.1) is 6.61 Å². The van der Waals surface area contributed by atoms with E-state index < -0.39 is 0 Å². The van der Waals surface area contributed by atoms with Crippen LogP contribution in [0.4, 0.5) is 0 Å². The minimum absolute atomic E-state index is 0.0436. The zero-order valence-corrected chi connectivity index (χ0v) is 19.8. The summed E-state index contributed by atoms with van der Waals surface area (Å²) in [6.07, 6.45) is 0.906. The Bertz CT molecular complexity index is 881. The molecule has 0 bridgehead atoms. The van der Waals surface area contributed by atoms with Crippen molar-refractivity contribution in [2.24, 2.45) is 4.99 Å². The van der Waals surface area contributed by atoms with E-state index >= 15 is 0 Å². The van der Waals surface area contributed by atoms with Gasteiger partial charge in [0.25, 0.3) is 5.91 Å². The number of carbonyl (C=O) groups excluding carboxylic acids is 1. The van der Waals surface area contributed by atoms with Crippen LogP contribution in [0, 0.1) is 6.92 Å². The van der Waals surface area contributed by atoms with Crippen LogP contribution in [-0.4, -0.2) is 45.3 Å². The largest absolute Gasteiger partial charge is 0.491 e. The SMILES string of the molecule is CCC(C)NC(=O)c1ccc(CNC(=NC)NCc2ccc(C)cc2OCCOC)cc1. The lowest BCUT2D eigenvalue weighted by Crippen LogP contribution is -2.36. The predicted molar refractivity (Wildman–Crippen MR) is 129 cm³/mol. The summed E-state index contributed by atoms with van der Waals surface area (Å²) < 4.78 is 10.9. The molecule has 0 saturated carbocycles. The summed E-state index contributed by atoms with van der Waals surface area (Å²) in [7, 11) is 3.40. The number of benzene rings is 2. The molecule has 1 unspecified atom stereocenters. The lowest BCUT2D eigenvalue weighted by molar-refractivity contribution is 0.0939. The molecule has 7 heteroatoms. The molecule has 1 amide bonds. The highest BCUT2D eigenvalue weighted by atomic mass is 16.5. The zero-order chi connectivity index (χ0) is 23.3. The Kier molecular flexibility index (Phi) is 10.5. The zero-order valence-electron chi connectivity index (χ0n) is 19.8. The van der Waals surface area contributed by atoms with Gasteiger partial charge in [0.15, 0.2) is 5.96 Å². The van der Waals surface area contributed by atoms with Crippen LogP contribution in [-0.2, 0) is 17.8 Å². The summed E-state index contributed by atoms with van der Waals surface area (Å²) in [6.45, 7) is 8.32. The lowest BCUT2D eigenvalue weighted by atomic mass is 10.1. The van der Waals surface area contributed by atoms with Gasteiger partial charge in [-0.15, -0.1) is 0 Å². The van der Waals surface area contributed by atoms with Crippen LogP contribution in [0.25, 0.3) is 0 Å². The number of hydrogen-bond donors (Lipinski definition) is 3. The fourth-order valence-corrected chi connectivity index (χ4v) is 2.95. The first-order chi connectivity index (χ1) is 15.5. The van der Waals surface area contributed by atoms with Crippen LogP contribution in [0.15, 0.2) is 47.5 Å². The van der Waals surface area contributed by atoms with E-state index in [4.69, 9.17) is 9.47 Å². The summed E-state index contributed by atoms with van der Waals surface area (Å²) in [6, 6.07) is 13.9. The number of ether oxygens (including phenoxy) is 2. The molecule has 0 aliphatic carbocycles. The smallest absolute Gasteiger partial charge is 0.251 e. The van der Waals surface area contributed by atoms with Crippen LogP contribution in [0.1, 0.15) is 47.3 Å². The minimum atomic E-state index is -0.0436. The molecule has 0 heterocycles. The van der Waals surface area contributed by atoms with Crippen molar-refractivity contribution in [3.63, 3.8) is 0 Å². The molecule has 32 heavy (non-hydrogen) atoms. The van der Waals surface area contributed by atoms with E-state index in [9.17, 15) is 4.79 Å². The van der Waals surface area contributed by atoms with Gasteiger partial charge < -0.3 is 25.4 Å². The molecule has 0 aliphatic rings. The van der Waals surface area contributed by atoms with E-state index in [1.807, 2.05) is 44.2 Å². The standard InChI is InChI=1S/C25H36N4O3/c1-6-19(3)29-24(30)21-11-8-20(9-12-21)16-27-25(26-4)28-17-22-10-7-18(2)15-23(22)32-14-13-31-5/h7-12,15,19H,6,13-14,16-17H2,1-5H3,(H,29,30)(H2,26,27,28). The van der Waals surface area contributed by atoms with Crippen LogP contribution < -0.4 is 20.7 Å². The average Bonchev–Trinajstić information content (AvgIpc) is 2.80. The maximum atomic E-state index is 12.2. The van der Waals surface area contributed by atoms with E-state index in [0.717, 1.165) is 28.9 Å². The third-order valence-electron chi connectivity index (χ3n) is 5.10. The molecule has 2 aromatic carbocycles. The number of hydrogen-bond acceptors (Lipinski definition) is 4. The highest BCUT2D eigenvalue weighted by molar-refractivity contribution is 5.94. The number of amides is 1. The molecule has 0 spiro atoms. The van der Waals surface area contributed by atoms with Gasteiger partial charge in [0.2, 0.25) is 0 Å². The molecular weight excluding hydrogens is 404 g/mol. The molecule has 174 valence electrons. The van der Waals surface area contributed by atoms with E-state index in [1.54, 1.807) is 14.2 Å². The molecule has 0 saturated heterocycles. The van der Waals surface area contributed by atoms with Gasteiger partial charge in [-0.1, -0.05) is 31.2 Å². The van der Waals surface area contributed by atoms with Gasteiger partial charge in [0.1, 0.15) is 12.4 Å². The molecule has 3 N–H and O–H groups in total. The van der Waals surface area contributed by atoms with Gasteiger partial charge in [-0.05, 0) is 49.6 Å². The molecule has 0 aliphatic heterocycles.